The molecule has 4 aromatic rings. The van der Waals surface area contributed by atoms with E-state index >= 15 is 0 Å². The number of hydrogen-bond acceptors (Lipinski definition) is 8. The second-order valence-corrected chi connectivity index (χ2v) is 8.71. The van der Waals surface area contributed by atoms with E-state index in [1.165, 1.54) is 30.4 Å². The first-order chi connectivity index (χ1) is 16.9. The molecule has 10 nitrogen and oxygen atoms in total. The largest absolute Gasteiger partial charge is 0.465 e. The number of fused-ring (bicyclic) bond motifs is 1. The predicted molar refractivity (Wildman–Crippen MR) is 129 cm³/mol. The SMILES string of the molecule is COC(=O)c1ccc(-n2nccn2)c(C(=O)N2CCN(c3nc4cc(Cl)ccc4o3)CC[C@@H]2C)c1. The van der Waals surface area contributed by atoms with Gasteiger partial charge in [0.15, 0.2) is 5.58 Å². The van der Waals surface area contributed by atoms with Crippen molar-refractivity contribution in [2.75, 3.05) is 31.6 Å². The summed E-state index contributed by atoms with van der Waals surface area (Å²) in [6.07, 6.45) is 3.77. The minimum absolute atomic E-state index is 0.0634. The fraction of sp³-hybridized carbons (Fsp3) is 0.292. The number of methoxy groups -OCH3 is 1. The van der Waals surface area contributed by atoms with E-state index in [1.54, 1.807) is 35.2 Å². The number of nitrogens with zero attached hydrogens (tertiary/aromatic N) is 6. The molecule has 0 radical (unpaired) electrons. The maximum absolute atomic E-state index is 13.8. The molecular formula is C24H23ClN6O4. The normalized spacial score (nSPS) is 16.4. The van der Waals surface area contributed by atoms with Crippen molar-refractivity contribution in [2.24, 2.45) is 0 Å². The average Bonchev–Trinajstić information content (AvgIpc) is 3.50. The number of carbonyl (C=O) groups excluding carboxylic acids is 2. The van der Waals surface area contributed by atoms with Crippen molar-refractivity contribution >= 4 is 40.6 Å². The number of ether oxygens (including phenoxy) is 1. The van der Waals surface area contributed by atoms with Crippen LogP contribution in [0.25, 0.3) is 16.8 Å². The quantitative estimate of drug-likeness (QED) is 0.396. The summed E-state index contributed by atoms with van der Waals surface area (Å²) in [6, 6.07) is 10.5. The third-order valence-corrected chi connectivity index (χ3v) is 6.35. The molecule has 1 amide bonds. The van der Waals surface area contributed by atoms with Gasteiger partial charge in [-0.1, -0.05) is 11.6 Å². The third-order valence-electron chi connectivity index (χ3n) is 6.11. The fourth-order valence-electron chi connectivity index (χ4n) is 4.20. The summed E-state index contributed by atoms with van der Waals surface area (Å²) in [6.45, 7) is 3.64. The Morgan fingerprint density at radius 2 is 1.89 bits per heavy atom. The van der Waals surface area contributed by atoms with Crippen molar-refractivity contribution in [1.29, 1.82) is 0 Å². The molecule has 3 heterocycles. The number of rotatable bonds is 4. The standard InChI is InChI=1S/C24H23ClN6O4/c1-15-7-10-29(24-28-19-14-17(25)4-6-21(19)35-24)11-12-30(15)22(32)18-13-16(23(33)34-2)3-5-20(18)31-26-8-9-27-31/h3-6,8-9,13-15H,7,10-12H2,1-2H3/t15-/m0/s1. The predicted octanol–water partition coefficient (Wildman–Crippen LogP) is 3.59. The summed E-state index contributed by atoms with van der Waals surface area (Å²) in [7, 11) is 1.30. The number of esters is 1. The number of carbonyl (C=O) groups is 2. The molecule has 2 aromatic carbocycles. The summed E-state index contributed by atoms with van der Waals surface area (Å²) < 4.78 is 10.8. The van der Waals surface area contributed by atoms with Crippen LogP contribution in [0.4, 0.5) is 6.01 Å². The van der Waals surface area contributed by atoms with Crippen molar-refractivity contribution in [3.63, 3.8) is 0 Å². The number of anilines is 1. The number of benzene rings is 2. The van der Waals surface area contributed by atoms with Gasteiger partial charge in [0, 0.05) is 30.7 Å². The first-order valence-corrected chi connectivity index (χ1v) is 11.5. The fourth-order valence-corrected chi connectivity index (χ4v) is 4.36. The molecule has 1 saturated heterocycles. The highest BCUT2D eigenvalue weighted by Crippen LogP contribution is 2.27. The van der Waals surface area contributed by atoms with Gasteiger partial charge < -0.3 is 19.0 Å². The molecule has 0 unspecified atom stereocenters. The van der Waals surface area contributed by atoms with Crippen LogP contribution in [0.2, 0.25) is 5.02 Å². The Hall–Kier alpha value is -3.92. The zero-order valence-electron chi connectivity index (χ0n) is 19.2. The van der Waals surface area contributed by atoms with Gasteiger partial charge in [-0.15, -0.1) is 0 Å². The van der Waals surface area contributed by atoms with E-state index in [0.717, 1.165) is 0 Å². The molecule has 11 heteroatoms. The average molecular weight is 495 g/mol. The molecule has 0 spiro atoms. The molecule has 35 heavy (non-hydrogen) atoms. The van der Waals surface area contributed by atoms with E-state index in [1.807, 2.05) is 11.8 Å². The highest BCUT2D eigenvalue weighted by molar-refractivity contribution is 6.31. The topological polar surface area (TPSA) is 107 Å². The molecular weight excluding hydrogens is 472 g/mol. The summed E-state index contributed by atoms with van der Waals surface area (Å²) in [5.41, 5.74) is 2.43. The van der Waals surface area contributed by atoms with Gasteiger partial charge in [0.05, 0.1) is 36.3 Å². The second-order valence-electron chi connectivity index (χ2n) is 8.27. The summed E-state index contributed by atoms with van der Waals surface area (Å²) in [5, 5.41) is 8.92. The van der Waals surface area contributed by atoms with Gasteiger partial charge in [-0.25, -0.2) is 4.79 Å². The Morgan fingerprint density at radius 3 is 2.66 bits per heavy atom. The Kier molecular flexibility index (Phi) is 6.12. The van der Waals surface area contributed by atoms with Crippen molar-refractivity contribution < 1.29 is 18.7 Å². The Balaban J connectivity index is 1.43. The van der Waals surface area contributed by atoms with Gasteiger partial charge in [0.2, 0.25) is 0 Å². The van der Waals surface area contributed by atoms with Crippen LogP contribution in [0.1, 0.15) is 34.1 Å². The highest BCUT2D eigenvalue weighted by atomic mass is 35.5. The molecule has 5 rings (SSSR count). The first kappa shape index (κ1) is 22.9. The van der Waals surface area contributed by atoms with Crippen molar-refractivity contribution in [3.05, 3.63) is 64.9 Å². The van der Waals surface area contributed by atoms with Crippen LogP contribution in [-0.4, -0.2) is 69.5 Å². The number of aromatic nitrogens is 4. The molecule has 0 aliphatic carbocycles. The lowest BCUT2D eigenvalue weighted by Gasteiger charge is -2.27. The van der Waals surface area contributed by atoms with Crippen molar-refractivity contribution in [3.8, 4) is 5.69 Å². The molecule has 2 aromatic heterocycles. The number of amides is 1. The minimum Gasteiger partial charge on any atom is -0.465 e. The smallest absolute Gasteiger partial charge is 0.337 e. The molecule has 1 aliphatic rings. The van der Waals surface area contributed by atoms with Crippen LogP contribution in [-0.2, 0) is 4.74 Å². The molecule has 1 atom stereocenters. The summed E-state index contributed by atoms with van der Waals surface area (Å²) in [5.74, 6) is -0.744. The molecule has 0 N–H and O–H groups in total. The molecule has 0 saturated carbocycles. The monoisotopic (exact) mass is 494 g/mol. The lowest BCUT2D eigenvalue weighted by atomic mass is 10.1. The van der Waals surface area contributed by atoms with Crippen LogP contribution >= 0.6 is 11.6 Å². The number of hydrogen-bond donors (Lipinski definition) is 0. The van der Waals surface area contributed by atoms with Gasteiger partial charge in [-0.3, -0.25) is 4.79 Å². The van der Waals surface area contributed by atoms with Gasteiger partial charge >= 0.3 is 5.97 Å². The maximum atomic E-state index is 13.8. The molecule has 1 aliphatic heterocycles. The Bertz CT molecular complexity index is 1390. The zero-order valence-corrected chi connectivity index (χ0v) is 20.0. The van der Waals surface area contributed by atoms with Gasteiger partial charge in [0.25, 0.3) is 11.9 Å². The maximum Gasteiger partial charge on any atom is 0.337 e. The highest BCUT2D eigenvalue weighted by Gasteiger charge is 2.30. The van der Waals surface area contributed by atoms with E-state index in [9.17, 15) is 9.59 Å². The lowest BCUT2D eigenvalue weighted by Crippen LogP contribution is -2.40. The number of oxazole rings is 1. The summed E-state index contributed by atoms with van der Waals surface area (Å²) >= 11 is 6.08. The second kappa shape index (κ2) is 9.38. The van der Waals surface area contributed by atoms with Gasteiger partial charge in [-0.2, -0.15) is 20.0 Å². The Labute approximate surface area is 206 Å². The molecule has 1 fully saturated rings. The van der Waals surface area contributed by atoms with Crippen molar-refractivity contribution in [2.45, 2.75) is 19.4 Å². The van der Waals surface area contributed by atoms with E-state index < -0.39 is 5.97 Å². The van der Waals surface area contributed by atoms with Crippen LogP contribution in [0, 0.1) is 0 Å². The van der Waals surface area contributed by atoms with E-state index in [-0.39, 0.29) is 17.5 Å². The van der Waals surface area contributed by atoms with E-state index in [2.05, 4.69) is 15.2 Å². The van der Waals surface area contributed by atoms with Gasteiger partial charge in [0.1, 0.15) is 5.52 Å². The van der Waals surface area contributed by atoms with E-state index in [4.69, 9.17) is 20.8 Å². The minimum atomic E-state index is -0.523. The molecule has 0 bridgehead atoms. The van der Waals surface area contributed by atoms with Crippen LogP contribution < -0.4 is 4.90 Å². The third kappa shape index (κ3) is 4.44. The first-order valence-electron chi connectivity index (χ1n) is 11.2. The van der Waals surface area contributed by atoms with E-state index in [0.29, 0.717) is 59.4 Å². The van der Waals surface area contributed by atoms with Crippen LogP contribution in [0.5, 0.6) is 0 Å². The lowest BCUT2D eigenvalue weighted by molar-refractivity contribution is 0.0600. The number of halogens is 1. The molecule has 180 valence electrons. The van der Waals surface area contributed by atoms with Crippen LogP contribution in [0.15, 0.2) is 53.2 Å². The van der Waals surface area contributed by atoms with Crippen LogP contribution in [0.3, 0.4) is 0 Å². The summed E-state index contributed by atoms with van der Waals surface area (Å²) in [4.78, 5) is 35.7. The van der Waals surface area contributed by atoms with Crippen molar-refractivity contribution in [1.82, 2.24) is 24.9 Å². The Morgan fingerprint density at radius 1 is 1.09 bits per heavy atom. The zero-order chi connectivity index (χ0) is 24.5. The van der Waals surface area contributed by atoms with Gasteiger partial charge in [-0.05, 0) is 49.7 Å².